The van der Waals surface area contributed by atoms with E-state index in [1.807, 2.05) is 24.3 Å². The summed E-state index contributed by atoms with van der Waals surface area (Å²) in [5.41, 5.74) is 2.07. The van der Waals surface area contributed by atoms with E-state index in [-0.39, 0.29) is 12.4 Å². The molecule has 0 saturated heterocycles. The third-order valence-electron chi connectivity index (χ3n) is 3.05. The number of esters is 1. The molecule has 1 aromatic carbocycles. The van der Waals surface area contributed by atoms with Gasteiger partial charge < -0.3 is 4.74 Å². The molecule has 0 saturated carbocycles. The Hall–Kier alpha value is -2.38. The van der Waals surface area contributed by atoms with Crippen LogP contribution in [0.25, 0.3) is 17.1 Å². The maximum Gasteiger partial charge on any atom is 0.331 e. The second-order valence-electron chi connectivity index (χ2n) is 4.75. The zero-order chi connectivity index (χ0) is 16.9. The molecule has 0 bridgehead atoms. The molecule has 0 aliphatic carbocycles. The number of ketones is 1. The maximum atomic E-state index is 11.8. The number of hydrogen-bond donors (Lipinski definition) is 0. The lowest BCUT2D eigenvalue weighted by atomic mass is 10.3. The third kappa shape index (κ3) is 4.12. The standard InChI is InChI=1S/C17H11BrN2O3S/c18-16-7-6-15(24-16)14(21)10-23-17(22)8-5-11-9-19-12-3-1-2-4-13(12)20-11/h1-9H,10H2/b8-5+. The Labute approximate surface area is 150 Å². The van der Waals surface area contributed by atoms with Crippen molar-refractivity contribution in [2.45, 2.75) is 0 Å². The van der Waals surface area contributed by atoms with Crippen LogP contribution in [0.1, 0.15) is 15.4 Å². The van der Waals surface area contributed by atoms with Crippen molar-refractivity contribution in [3.63, 3.8) is 0 Å². The Bertz CT molecular complexity index is 936. The van der Waals surface area contributed by atoms with Gasteiger partial charge in [0.25, 0.3) is 0 Å². The molecule has 3 aromatic rings. The summed E-state index contributed by atoms with van der Waals surface area (Å²) in [5.74, 6) is -0.841. The zero-order valence-electron chi connectivity index (χ0n) is 12.3. The van der Waals surface area contributed by atoms with Gasteiger partial charge in [-0.25, -0.2) is 9.78 Å². The van der Waals surface area contributed by atoms with Crippen LogP contribution < -0.4 is 0 Å². The van der Waals surface area contributed by atoms with Crippen molar-refractivity contribution < 1.29 is 14.3 Å². The third-order valence-corrected chi connectivity index (χ3v) is 4.72. The molecule has 5 nitrogen and oxygen atoms in total. The zero-order valence-corrected chi connectivity index (χ0v) is 14.7. The van der Waals surface area contributed by atoms with Gasteiger partial charge >= 0.3 is 5.97 Å². The minimum Gasteiger partial charge on any atom is -0.454 e. The summed E-state index contributed by atoms with van der Waals surface area (Å²) in [6.07, 6.45) is 4.31. The van der Waals surface area contributed by atoms with Crippen molar-refractivity contribution in [1.29, 1.82) is 0 Å². The number of Topliss-reactive ketones (excluding diaryl/α,β-unsaturated/α-hetero) is 1. The van der Waals surface area contributed by atoms with Gasteiger partial charge in [0, 0.05) is 6.08 Å². The minimum atomic E-state index is -0.603. The molecule has 0 radical (unpaired) electrons. The average molecular weight is 403 g/mol. The van der Waals surface area contributed by atoms with Gasteiger partial charge in [-0.05, 0) is 46.3 Å². The molecule has 0 fully saturated rings. The van der Waals surface area contributed by atoms with Crippen molar-refractivity contribution in [2.75, 3.05) is 6.61 Å². The lowest BCUT2D eigenvalue weighted by Gasteiger charge is -2.00. The number of benzene rings is 1. The normalized spacial score (nSPS) is 11.0. The van der Waals surface area contributed by atoms with E-state index in [1.165, 1.54) is 23.5 Å². The highest BCUT2D eigenvalue weighted by molar-refractivity contribution is 9.11. The van der Waals surface area contributed by atoms with E-state index in [9.17, 15) is 9.59 Å². The SMILES string of the molecule is O=C(/C=C/c1cnc2ccccc2n1)OCC(=O)c1ccc(Br)s1. The van der Waals surface area contributed by atoms with Gasteiger partial charge in [0.05, 0.1) is 31.6 Å². The number of rotatable bonds is 5. The van der Waals surface area contributed by atoms with Crippen LogP contribution in [0.15, 0.2) is 52.5 Å². The van der Waals surface area contributed by atoms with Crippen LogP contribution >= 0.6 is 27.3 Å². The number of para-hydroxylation sites is 2. The smallest absolute Gasteiger partial charge is 0.331 e. The lowest BCUT2D eigenvalue weighted by molar-refractivity contribution is -0.136. The molecule has 0 aliphatic rings. The number of ether oxygens (including phenoxy) is 1. The Morgan fingerprint density at radius 1 is 1.17 bits per heavy atom. The molecular formula is C17H11BrN2O3S. The van der Waals surface area contributed by atoms with Crippen LogP contribution in [-0.4, -0.2) is 28.3 Å². The first-order valence-electron chi connectivity index (χ1n) is 6.97. The molecule has 24 heavy (non-hydrogen) atoms. The van der Waals surface area contributed by atoms with Gasteiger partial charge in [0.2, 0.25) is 5.78 Å². The molecule has 2 aromatic heterocycles. The number of nitrogens with zero attached hydrogens (tertiary/aromatic N) is 2. The molecule has 0 unspecified atom stereocenters. The van der Waals surface area contributed by atoms with E-state index in [1.54, 1.807) is 18.3 Å². The highest BCUT2D eigenvalue weighted by Crippen LogP contribution is 2.22. The molecular weight excluding hydrogens is 392 g/mol. The van der Waals surface area contributed by atoms with Crippen LogP contribution in [-0.2, 0) is 9.53 Å². The highest BCUT2D eigenvalue weighted by Gasteiger charge is 2.10. The van der Waals surface area contributed by atoms with Crippen molar-refractivity contribution in [3.8, 4) is 0 Å². The number of fused-ring (bicyclic) bond motifs is 1. The van der Waals surface area contributed by atoms with E-state index in [2.05, 4.69) is 25.9 Å². The van der Waals surface area contributed by atoms with Crippen molar-refractivity contribution in [3.05, 3.63) is 63.0 Å². The van der Waals surface area contributed by atoms with Crippen LogP contribution in [0, 0.1) is 0 Å². The molecule has 7 heteroatoms. The number of thiophene rings is 1. The van der Waals surface area contributed by atoms with E-state index in [0.29, 0.717) is 10.6 Å². The molecule has 2 heterocycles. The predicted molar refractivity (Wildman–Crippen MR) is 95.9 cm³/mol. The fraction of sp³-hybridized carbons (Fsp3) is 0.0588. The number of carbonyl (C=O) groups is 2. The number of halogens is 1. The van der Waals surface area contributed by atoms with E-state index >= 15 is 0 Å². The molecule has 0 amide bonds. The van der Waals surface area contributed by atoms with Crippen LogP contribution in [0.4, 0.5) is 0 Å². The Morgan fingerprint density at radius 2 is 1.96 bits per heavy atom. The molecule has 120 valence electrons. The van der Waals surface area contributed by atoms with E-state index in [4.69, 9.17) is 4.74 Å². The summed E-state index contributed by atoms with van der Waals surface area (Å²) >= 11 is 4.58. The summed E-state index contributed by atoms with van der Waals surface area (Å²) in [7, 11) is 0. The number of hydrogen-bond acceptors (Lipinski definition) is 6. The van der Waals surface area contributed by atoms with Gasteiger partial charge in [-0.15, -0.1) is 11.3 Å². The fourth-order valence-electron chi connectivity index (χ4n) is 1.93. The maximum absolute atomic E-state index is 11.8. The second-order valence-corrected chi connectivity index (χ2v) is 7.21. The van der Waals surface area contributed by atoms with E-state index in [0.717, 1.165) is 14.8 Å². The summed E-state index contributed by atoms with van der Waals surface area (Å²) in [5, 5.41) is 0. The molecule has 0 atom stereocenters. The topological polar surface area (TPSA) is 69.2 Å². The molecule has 0 N–H and O–H groups in total. The quantitative estimate of drug-likeness (QED) is 0.367. The predicted octanol–water partition coefficient (Wildman–Crippen LogP) is 3.89. The summed E-state index contributed by atoms with van der Waals surface area (Å²) in [6.45, 7) is -0.292. The van der Waals surface area contributed by atoms with E-state index < -0.39 is 5.97 Å². The first-order valence-corrected chi connectivity index (χ1v) is 8.58. The fourth-order valence-corrected chi connectivity index (χ4v) is 3.24. The van der Waals surface area contributed by atoms with Gasteiger partial charge in [0.1, 0.15) is 0 Å². The first-order chi connectivity index (χ1) is 11.6. The summed E-state index contributed by atoms with van der Waals surface area (Å²) in [4.78, 5) is 32.7. The summed E-state index contributed by atoms with van der Waals surface area (Å²) < 4.78 is 5.80. The summed E-state index contributed by atoms with van der Waals surface area (Å²) in [6, 6.07) is 10.9. The highest BCUT2D eigenvalue weighted by atomic mass is 79.9. The Kier molecular flexibility index (Phi) is 5.12. The largest absolute Gasteiger partial charge is 0.454 e. The minimum absolute atomic E-state index is 0.238. The second kappa shape index (κ2) is 7.46. The molecule has 0 spiro atoms. The number of carbonyl (C=O) groups excluding carboxylic acids is 2. The van der Waals surface area contributed by atoms with Crippen molar-refractivity contribution in [1.82, 2.24) is 9.97 Å². The van der Waals surface area contributed by atoms with Gasteiger partial charge in [-0.1, -0.05) is 12.1 Å². The Balaban J connectivity index is 1.59. The first kappa shape index (κ1) is 16.5. The average Bonchev–Trinajstić information content (AvgIpc) is 3.04. The monoisotopic (exact) mass is 402 g/mol. The molecule has 3 rings (SSSR count). The van der Waals surface area contributed by atoms with Gasteiger partial charge in [-0.2, -0.15) is 0 Å². The number of aromatic nitrogens is 2. The molecule has 0 aliphatic heterocycles. The van der Waals surface area contributed by atoms with Crippen molar-refractivity contribution >= 4 is 56.1 Å². The lowest BCUT2D eigenvalue weighted by Crippen LogP contribution is -2.11. The van der Waals surface area contributed by atoms with Crippen LogP contribution in [0.2, 0.25) is 0 Å². The van der Waals surface area contributed by atoms with Crippen molar-refractivity contribution in [2.24, 2.45) is 0 Å². The van der Waals surface area contributed by atoms with Gasteiger partial charge in [-0.3, -0.25) is 9.78 Å². The van der Waals surface area contributed by atoms with Gasteiger partial charge in [0.15, 0.2) is 6.61 Å². The van der Waals surface area contributed by atoms with Crippen LogP contribution in [0.5, 0.6) is 0 Å². The van der Waals surface area contributed by atoms with Crippen LogP contribution in [0.3, 0.4) is 0 Å². The Morgan fingerprint density at radius 3 is 2.71 bits per heavy atom.